The molecule has 0 aromatic carbocycles. The number of nitrogens with two attached hydrogens (primary N) is 1. The number of aromatic amines is 1. The second-order valence-corrected chi connectivity index (χ2v) is 16.0. The van der Waals surface area contributed by atoms with Crippen molar-refractivity contribution in [1.29, 1.82) is 0 Å². The highest BCUT2D eigenvalue weighted by atomic mass is 32.7. The van der Waals surface area contributed by atoms with E-state index in [9.17, 15) is 18.3 Å². The van der Waals surface area contributed by atoms with Crippen LogP contribution in [-0.2, 0) is 32.0 Å². The van der Waals surface area contributed by atoms with E-state index in [2.05, 4.69) is 54.7 Å². The molecule has 9 atom stereocenters. The maximum atomic E-state index is 14.1. The van der Waals surface area contributed by atoms with Crippen molar-refractivity contribution < 1.29 is 36.4 Å². The molecule has 42 heavy (non-hydrogen) atoms. The van der Waals surface area contributed by atoms with E-state index in [0.29, 0.717) is 6.42 Å². The molecule has 3 aliphatic rings. The Morgan fingerprint density at radius 3 is 2.69 bits per heavy atom. The molecule has 1 saturated carbocycles. The number of halogens is 1. The van der Waals surface area contributed by atoms with Crippen LogP contribution >= 0.6 is 38.1 Å². The number of hydrogen-bond acceptors (Lipinski definition) is 14. The van der Waals surface area contributed by atoms with Crippen molar-refractivity contribution in [2.75, 3.05) is 24.3 Å². The van der Waals surface area contributed by atoms with Gasteiger partial charge in [-0.1, -0.05) is 31.4 Å². The summed E-state index contributed by atoms with van der Waals surface area (Å²) in [5.41, 5.74) is 5.30. The van der Waals surface area contributed by atoms with E-state index < -0.39 is 61.3 Å². The number of fused-ring (bicyclic) bond motifs is 4. The lowest BCUT2D eigenvalue weighted by Crippen LogP contribution is -2.28. The van der Waals surface area contributed by atoms with Crippen LogP contribution in [-0.4, -0.2) is 67.1 Å². The minimum atomic E-state index is -4.05. The van der Waals surface area contributed by atoms with Crippen molar-refractivity contribution in [1.82, 2.24) is 29.5 Å². The van der Waals surface area contributed by atoms with E-state index in [1.165, 1.54) is 17.2 Å². The molecule has 0 spiro atoms. The minimum Gasteiger partial charge on any atom is -0.369 e. The van der Waals surface area contributed by atoms with Gasteiger partial charge in [0.2, 0.25) is 5.95 Å². The molecule has 6 rings (SSSR count). The molecule has 2 saturated heterocycles. The largest absolute Gasteiger partial charge is 0.386 e. The molecular weight excluding hydrogens is 637 g/mol. The van der Waals surface area contributed by atoms with Crippen molar-refractivity contribution >= 4 is 61.0 Å². The summed E-state index contributed by atoms with van der Waals surface area (Å²) in [5.74, 6) is -1.77. The Morgan fingerprint density at radius 2 is 1.90 bits per heavy atom. The molecule has 3 aromatic rings. The topological polar surface area (TPSA) is 208 Å². The molecule has 228 valence electrons. The summed E-state index contributed by atoms with van der Waals surface area (Å²) in [6, 6.07) is -0.365. The molecule has 0 radical (unpaired) electrons. The van der Waals surface area contributed by atoms with E-state index in [-0.39, 0.29) is 48.6 Å². The molecule has 16 nitrogen and oxygen atoms in total. The van der Waals surface area contributed by atoms with Gasteiger partial charge in [0.05, 0.1) is 37.9 Å². The monoisotopic (exact) mass is 664 g/mol. The second kappa shape index (κ2) is 11.4. The first-order valence-corrected chi connectivity index (χ1v) is 18.2. The SMILES string of the molecule is C[C@H]1[C@H]2OP(=O)(S)OC[C@H]3C[C@@H](Nc4ncncc4F)C[C@@H]3OP(=O)(S)OC[C@H]1O[C@H]2n1cnc2c(=O)[nH]c(N)nc21. The van der Waals surface area contributed by atoms with Gasteiger partial charge >= 0.3 is 13.6 Å². The Hall–Kier alpha value is -2.08. The zero-order valence-electron chi connectivity index (χ0n) is 21.8. The third-order valence-corrected chi connectivity index (χ3v) is 10.7. The molecule has 2 bridgehead atoms. The van der Waals surface area contributed by atoms with E-state index in [1.54, 1.807) is 6.92 Å². The summed E-state index contributed by atoms with van der Waals surface area (Å²) in [4.78, 5) is 30.5. The number of H-pyrrole nitrogens is 1. The Bertz CT molecular complexity index is 1650. The number of aromatic nitrogens is 6. The summed E-state index contributed by atoms with van der Waals surface area (Å²) < 4.78 is 71.7. The zero-order chi connectivity index (χ0) is 29.8. The number of nitrogen functional groups attached to an aromatic ring is 1. The summed E-state index contributed by atoms with van der Waals surface area (Å²) in [6.45, 7) is -6.65. The predicted molar refractivity (Wildman–Crippen MR) is 153 cm³/mol. The Balaban J connectivity index is 1.27. The molecular formula is C21H27FN8O8P2S2. The maximum absolute atomic E-state index is 14.1. The molecule has 3 fully saturated rings. The fraction of sp³-hybridized carbons (Fsp3) is 0.571. The number of anilines is 2. The minimum absolute atomic E-state index is 0.00255. The number of imidazole rings is 1. The second-order valence-electron chi connectivity index (χ2n) is 10.2. The first kappa shape index (κ1) is 30.0. The van der Waals surface area contributed by atoms with Gasteiger partial charge in [-0.15, -0.1) is 0 Å². The van der Waals surface area contributed by atoms with Crippen LogP contribution in [0.4, 0.5) is 16.2 Å². The number of rotatable bonds is 3. The molecule has 21 heteroatoms. The Morgan fingerprint density at radius 1 is 1.14 bits per heavy atom. The van der Waals surface area contributed by atoms with Gasteiger partial charge in [0.15, 0.2) is 29.0 Å². The van der Waals surface area contributed by atoms with Gasteiger partial charge in [0, 0.05) is 17.9 Å². The molecule has 2 aliphatic heterocycles. The van der Waals surface area contributed by atoms with Crippen LogP contribution in [0.1, 0.15) is 26.0 Å². The highest BCUT2D eigenvalue weighted by molar-refractivity contribution is 8.44. The van der Waals surface area contributed by atoms with Crippen molar-refractivity contribution in [3.8, 4) is 0 Å². The van der Waals surface area contributed by atoms with Crippen molar-refractivity contribution in [3.05, 3.63) is 35.0 Å². The molecule has 3 aromatic heterocycles. The van der Waals surface area contributed by atoms with E-state index in [1.807, 2.05) is 0 Å². The van der Waals surface area contributed by atoms with Crippen LogP contribution in [0.25, 0.3) is 11.2 Å². The third-order valence-electron chi connectivity index (χ3n) is 7.44. The normalized spacial score (nSPS) is 37.5. The van der Waals surface area contributed by atoms with Crippen LogP contribution in [0.5, 0.6) is 0 Å². The quantitative estimate of drug-likeness (QED) is 0.202. The van der Waals surface area contributed by atoms with Crippen LogP contribution in [0.15, 0.2) is 23.6 Å². The molecule has 1 aliphatic carbocycles. The van der Waals surface area contributed by atoms with Crippen LogP contribution < -0.4 is 16.6 Å². The molecule has 0 amide bonds. The van der Waals surface area contributed by atoms with Gasteiger partial charge < -0.3 is 20.3 Å². The highest BCUT2D eigenvalue weighted by Crippen LogP contribution is 2.61. The summed E-state index contributed by atoms with van der Waals surface area (Å²) in [6.07, 6.45) is 0.719. The van der Waals surface area contributed by atoms with Crippen molar-refractivity contribution in [2.24, 2.45) is 11.8 Å². The Labute approximate surface area is 248 Å². The average Bonchev–Trinajstić information content (AvgIpc) is 3.58. The average molecular weight is 665 g/mol. The number of nitrogens with one attached hydrogen (secondary N) is 2. The lowest BCUT2D eigenvalue weighted by molar-refractivity contribution is -0.0463. The fourth-order valence-electron chi connectivity index (χ4n) is 5.41. The van der Waals surface area contributed by atoms with Gasteiger partial charge in [-0.05, 0) is 12.8 Å². The summed E-state index contributed by atoms with van der Waals surface area (Å²) in [7, 11) is 0. The highest BCUT2D eigenvalue weighted by Gasteiger charge is 2.49. The third kappa shape index (κ3) is 6.12. The summed E-state index contributed by atoms with van der Waals surface area (Å²) >= 11 is 8.40. The standard InChI is InChI=1S/C21H27FN8O8P2S2/c1-9-14-6-35-39(32,41)37-13-3-11(27-17-12(22)4-24-7-25-17)2-10(13)5-34-40(33,42)38-16(9)20(36-14)30-8-26-15-18(30)28-21(23)29-19(15)31/h4,7-11,13-14,16,20H,2-3,5-6H2,1H3,(H,32,41)(H,33,42)(H,24,25,27)(H3,23,28,29,31)/t9-,10-,11-,13+,14-,16-,20-,39?,40?/m1/s1. The molecule has 5 heterocycles. The lowest BCUT2D eigenvalue weighted by Gasteiger charge is -2.27. The summed E-state index contributed by atoms with van der Waals surface area (Å²) in [5, 5.41) is 2.99. The molecule has 2 unspecified atom stereocenters. The number of thiol groups is 2. The van der Waals surface area contributed by atoms with Crippen LogP contribution in [0.2, 0.25) is 0 Å². The fourth-order valence-corrected chi connectivity index (χ4v) is 8.54. The van der Waals surface area contributed by atoms with E-state index in [0.717, 1.165) is 6.20 Å². The zero-order valence-corrected chi connectivity index (χ0v) is 25.4. The van der Waals surface area contributed by atoms with E-state index >= 15 is 0 Å². The van der Waals surface area contributed by atoms with Crippen LogP contribution in [0.3, 0.4) is 0 Å². The smallest absolute Gasteiger partial charge is 0.369 e. The first-order valence-electron chi connectivity index (χ1n) is 12.8. The molecule has 4 N–H and O–H groups in total. The lowest BCUT2D eigenvalue weighted by atomic mass is 10.0. The first-order chi connectivity index (χ1) is 19.9. The van der Waals surface area contributed by atoms with E-state index in [4.69, 9.17) is 28.6 Å². The van der Waals surface area contributed by atoms with Gasteiger partial charge in [-0.2, -0.15) is 4.98 Å². The van der Waals surface area contributed by atoms with Crippen molar-refractivity contribution in [3.63, 3.8) is 0 Å². The number of hydrogen-bond donors (Lipinski definition) is 5. The van der Waals surface area contributed by atoms with Gasteiger partial charge in [0.1, 0.15) is 12.4 Å². The predicted octanol–water partition coefficient (Wildman–Crippen LogP) is 2.95. The van der Waals surface area contributed by atoms with Gasteiger partial charge in [-0.3, -0.25) is 27.9 Å². The van der Waals surface area contributed by atoms with Gasteiger partial charge in [0.25, 0.3) is 5.56 Å². The number of nitrogens with zero attached hydrogens (tertiary/aromatic N) is 5. The van der Waals surface area contributed by atoms with Crippen LogP contribution in [0, 0.1) is 17.7 Å². The van der Waals surface area contributed by atoms with Gasteiger partial charge in [-0.25, -0.2) is 28.5 Å². The number of ether oxygens (including phenoxy) is 1. The Kier molecular flexibility index (Phi) is 8.17. The maximum Gasteiger partial charge on any atom is 0.386 e. The van der Waals surface area contributed by atoms with Crippen molar-refractivity contribution in [2.45, 2.75) is 50.3 Å².